The lowest BCUT2D eigenvalue weighted by atomic mass is 10.2. The van der Waals surface area contributed by atoms with Crippen LogP contribution in [0.3, 0.4) is 0 Å². The van der Waals surface area contributed by atoms with Crippen molar-refractivity contribution in [2.24, 2.45) is 0 Å². The number of ether oxygens (including phenoxy) is 1. The van der Waals surface area contributed by atoms with Gasteiger partial charge in [0, 0.05) is 29.9 Å². The van der Waals surface area contributed by atoms with Crippen LogP contribution in [0.5, 0.6) is 5.75 Å². The predicted molar refractivity (Wildman–Crippen MR) is 136 cm³/mol. The number of furan rings is 1. The molecule has 3 aromatic carbocycles. The third-order valence-electron chi connectivity index (χ3n) is 5.95. The number of nitrogens with zero attached hydrogens (tertiary/aromatic N) is 1. The van der Waals surface area contributed by atoms with Crippen LogP contribution in [-0.2, 0) is 10.0 Å². The number of fused-ring (bicyclic) bond motifs is 1. The van der Waals surface area contributed by atoms with Gasteiger partial charge in [-0.25, -0.2) is 8.42 Å². The number of anilines is 3. The predicted octanol–water partition coefficient (Wildman–Crippen LogP) is 5.09. The van der Waals surface area contributed by atoms with Crippen LogP contribution in [0.15, 0.2) is 82.1 Å². The Morgan fingerprint density at radius 2 is 1.66 bits per heavy atom. The minimum absolute atomic E-state index is 0.0950. The van der Waals surface area contributed by atoms with Crippen molar-refractivity contribution in [3.8, 4) is 5.75 Å². The van der Waals surface area contributed by atoms with Gasteiger partial charge in [0.05, 0.1) is 12.8 Å². The number of hydrogen-bond acceptors (Lipinski definition) is 6. The average Bonchev–Trinajstić information content (AvgIpc) is 3.55. The van der Waals surface area contributed by atoms with Gasteiger partial charge in [0.25, 0.3) is 15.9 Å². The number of amides is 1. The molecule has 1 aliphatic heterocycles. The zero-order valence-electron chi connectivity index (χ0n) is 19.2. The zero-order chi connectivity index (χ0) is 24.4. The second kappa shape index (κ2) is 9.34. The molecule has 0 atom stereocenters. The second-order valence-electron chi connectivity index (χ2n) is 8.31. The van der Waals surface area contributed by atoms with E-state index in [0.717, 1.165) is 31.3 Å². The Labute approximate surface area is 203 Å². The molecule has 5 rings (SSSR count). The molecular formula is C26H25N3O5S. The number of carbonyl (C=O) groups is 1. The molecule has 0 spiro atoms. The number of sulfonamides is 1. The molecule has 9 heteroatoms. The van der Waals surface area contributed by atoms with Crippen LogP contribution >= 0.6 is 0 Å². The molecule has 8 nitrogen and oxygen atoms in total. The van der Waals surface area contributed by atoms with Crippen molar-refractivity contribution in [1.29, 1.82) is 0 Å². The van der Waals surface area contributed by atoms with Crippen LogP contribution in [0.25, 0.3) is 11.0 Å². The fourth-order valence-electron chi connectivity index (χ4n) is 4.18. The maximum absolute atomic E-state index is 13.5. The van der Waals surface area contributed by atoms with Gasteiger partial charge < -0.3 is 19.4 Å². The van der Waals surface area contributed by atoms with Crippen molar-refractivity contribution in [2.45, 2.75) is 17.7 Å². The molecule has 0 aliphatic carbocycles. The fourth-order valence-corrected chi connectivity index (χ4v) is 5.49. The minimum atomic E-state index is -3.95. The minimum Gasteiger partial charge on any atom is -0.497 e. The first kappa shape index (κ1) is 22.8. The summed E-state index contributed by atoms with van der Waals surface area (Å²) in [6.45, 7) is 1.55. The molecule has 1 aliphatic rings. The number of hydrogen-bond donors (Lipinski definition) is 2. The van der Waals surface area contributed by atoms with Crippen LogP contribution in [0.1, 0.15) is 23.4 Å². The first-order chi connectivity index (χ1) is 16.9. The number of nitrogens with one attached hydrogen (secondary N) is 2. The van der Waals surface area contributed by atoms with Crippen LogP contribution in [0.2, 0.25) is 0 Å². The van der Waals surface area contributed by atoms with Crippen molar-refractivity contribution < 1.29 is 22.4 Å². The Morgan fingerprint density at radius 1 is 0.943 bits per heavy atom. The van der Waals surface area contributed by atoms with Crippen LogP contribution < -0.4 is 19.7 Å². The highest BCUT2D eigenvalue weighted by Crippen LogP contribution is 2.33. The van der Waals surface area contributed by atoms with Crippen molar-refractivity contribution in [2.75, 3.05) is 35.1 Å². The molecule has 1 amide bonds. The summed E-state index contributed by atoms with van der Waals surface area (Å²) in [7, 11) is -2.40. The van der Waals surface area contributed by atoms with Crippen LogP contribution in [0.4, 0.5) is 17.1 Å². The maximum atomic E-state index is 13.5. The largest absolute Gasteiger partial charge is 0.497 e. The van der Waals surface area contributed by atoms with E-state index in [-0.39, 0.29) is 10.7 Å². The topological polar surface area (TPSA) is 101 Å². The van der Waals surface area contributed by atoms with E-state index in [4.69, 9.17) is 9.15 Å². The van der Waals surface area contributed by atoms with Gasteiger partial charge in [0.2, 0.25) is 0 Å². The molecule has 0 unspecified atom stereocenters. The third kappa shape index (κ3) is 4.81. The lowest BCUT2D eigenvalue weighted by molar-refractivity contribution is 0.0998. The normalized spacial score (nSPS) is 13.7. The van der Waals surface area contributed by atoms with Gasteiger partial charge in [-0.05, 0) is 67.4 Å². The summed E-state index contributed by atoms with van der Waals surface area (Å²) in [5.41, 5.74) is 1.97. The Kier molecular flexibility index (Phi) is 6.08. The SMILES string of the molecule is COc1ccc(NS(=O)(=O)c2cc(NC(=O)c3cc4ccccc4o3)ccc2N2CCCC2)cc1. The van der Waals surface area contributed by atoms with Crippen LogP contribution in [-0.4, -0.2) is 34.5 Å². The zero-order valence-corrected chi connectivity index (χ0v) is 20.0. The van der Waals surface area contributed by atoms with Crippen molar-refractivity contribution in [3.05, 3.63) is 78.6 Å². The van der Waals surface area contributed by atoms with E-state index in [9.17, 15) is 13.2 Å². The van der Waals surface area contributed by atoms with Gasteiger partial charge in [0.15, 0.2) is 5.76 Å². The average molecular weight is 492 g/mol. The monoisotopic (exact) mass is 491 g/mol. The molecule has 0 radical (unpaired) electrons. The fraction of sp³-hybridized carbons (Fsp3) is 0.192. The number of benzene rings is 3. The van der Waals surface area contributed by atoms with E-state index in [2.05, 4.69) is 10.0 Å². The van der Waals surface area contributed by atoms with E-state index in [1.165, 1.54) is 6.07 Å². The van der Waals surface area contributed by atoms with Gasteiger partial charge >= 0.3 is 0 Å². The van der Waals surface area contributed by atoms with Gasteiger partial charge in [-0.1, -0.05) is 18.2 Å². The third-order valence-corrected chi connectivity index (χ3v) is 7.36. The number of carbonyl (C=O) groups excluding carboxylic acids is 1. The quantitative estimate of drug-likeness (QED) is 0.373. The number of para-hydroxylation sites is 1. The first-order valence-corrected chi connectivity index (χ1v) is 12.8. The maximum Gasteiger partial charge on any atom is 0.291 e. The molecule has 1 fully saturated rings. The molecule has 0 saturated carbocycles. The summed E-state index contributed by atoms with van der Waals surface area (Å²) < 4.78 is 40.3. The smallest absolute Gasteiger partial charge is 0.291 e. The van der Waals surface area contributed by atoms with Crippen LogP contribution in [0, 0.1) is 0 Å². The Balaban J connectivity index is 1.46. The molecule has 4 aromatic rings. The number of methoxy groups -OCH3 is 1. The Hall–Kier alpha value is -3.98. The van der Waals surface area contributed by atoms with Gasteiger partial charge in [0.1, 0.15) is 16.2 Å². The molecular weight excluding hydrogens is 466 g/mol. The lowest BCUT2D eigenvalue weighted by Gasteiger charge is -2.22. The molecule has 2 N–H and O–H groups in total. The van der Waals surface area contributed by atoms with Gasteiger partial charge in [-0.2, -0.15) is 0 Å². The van der Waals surface area contributed by atoms with E-state index in [0.29, 0.717) is 28.4 Å². The number of rotatable bonds is 7. The Morgan fingerprint density at radius 3 is 2.37 bits per heavy atom. The highest BCUT2D eigenvalue weighted by Gasteiger charge is 2.25. The summed E-state index contributed by atoms with van der Waals surface area (Å²) in [5.74, 6) is 0.318. The van der Waals surface area contributed by atoms with Gasteiger partial charge in [-0.3, -0.25) is 9.52 Å². The molecule has 180 valence electrons. The van der Waals surface area contributed by atoms with E-state index < -0.39 is 15.9 Å². The van der Waals surface area contributed by atoms with Crippen molar-refractivity contribution >= 4 is 44.0 Å². The molecule has 1 saturated heterocycles. The molecule has 1 aromatic heterocycles. The lowest BCUT2D eigenvalue weighted by Crippen LogP contribution is -2.23. The summed E-state index contributed by atoms with van der Waals surface area (Å²) in [6.07, 6.45) is 1.99. The van der Waals surface area contributed by atoms with Crippen molar-refractivity contribution in [1.82, 2.24) is 0 Å². The highest BCUT2D eigenvalue weighted by molar-refractivity contribution is 7.92. The standard InChI is InChI=1S/C26H25N3O5S/c1-33-21-11-8-19(9-12-21)28-35(31,32)25-17-20(10-13-22(25)29-14-4-5-15-29)27-26(30)24-16-18-6-2-3-7-23(18)34-24/h2-3,6-13,16-17,28H,4-5,14-15H2,1H3,(H,27,30). The highest BCUT2D eigenvalue weighted by atomic mass is 32.2. The summed E-state index contributed by atoms with van der Waals surface area (Å²) in [5, 5.41) is 3.58. The Bertz CT molecular complexity index is 1440. The second-order valence-corrected chi connectivity index (χ2v) is 9.96. The van der Waals surface area contributed by atoms with Crippen molar-refractivity contribution in [3.63, 3.8) is 0 Å². The van der Waals surface area contributed by atoms with E-state index >= 15 is 0 Å². The van der Waals surface area contributed by atoms with Gasteiger partial charge in [-0.15, -0.1) is 0 Å². The first-order valence-electron chi connectivity index (χ1n) is 11.3. The summed E-state index contributed by atoms with van der Waals surface area (Å²) >= 11 is 0. The summed E-state index contributed by atoms with van der Waals surface area (Å²) in [6, 6.07) is 20.6. The molecule has 35 heavy (non-hydrogen) atoms. The molecule has 0 bridgehead atoms. The van der Waals surface area contributed by atoms with E-state index in [1.807, 2.05) is 23.1 Å². The summed E-state index contributed by atoms with van der Waals surface area (Å²) in [4.78, 5) is 15.0. The molecule has 2 heterocycles. The van der Waals surface area contributed by atoms with E-state index in [1.54, 1.807) is 55.6 Å².